The van der Waals surface area contributed by atoms with Gasteiger partial charge in [-0.1, -0.05) is 72.8 Å². The smallest absolute Gasteiger partial charge is 0.262 e. The van der Waals surface area contributed by atoms with E-state index in [0.29, 0.717) is 12.0 Å². The van der Waals surface area contributed by atoms with Crippen molar-refractivity contribution < 1.29 is 4.58 Å². The molecule has 2 aliphatic rings. The van der Waals surface area contributed by atoms with Crippen LogP contribution in [0.2, 0.25) is 0 Å². The van der Waals surface area contributed by atoms with E-state index < -0.39 is 0 Å². The minimum atomic E-state index is 0.263. The van der Waals surface area contributed by atoms with Gasteiger partial charge in [-0.05, 0) is 18.2 Å². The third kappa shape index (κ3) is 4.00. The van der Waals surface area contributed by atoms with E-state index >= 15 is 0 Å². The first-order chi connectivity index (χ1) is 15.3. The highest BCUT2D eigenvalue weighted by atomic mass is 15.4. The summed E-state index contributed by atoms with van der Waals surface area (Å²) in [7, 11) is 2.06. The maximum atomic E-state index is 4.68. The summed E-state index contributed by atoms with van der Waals surface area (Å²) in [5, 5.41) is 7.89. The fraction of sp³-hybridized carbons (Fsp3) is 0.120. The molecule has 0 bridgehead atoms. The summed E-state index contributed by atoms with van der Waals surface area (Å²) in [4.78, 5) is 9.37. The zero-order valence-corrected chi connectivity index (χ0v) is 17.2. The van der Waals surface area contributed by atoms with Gasteiger partial charge in [0.05, 0.1) is 18.4 Å². The molecule has 1 aliphatic heterocycles. The van der Waals surface area contributed by atoms with E-state index in [2.05, 4.69) is 61.7 Å². The summed E-state index contributed by atoms with van der Waals surface area (Å²) in [6, 6.07) is 22.7. The van der Waals surface area contributed by atoms with Gasteiger partial charge in [-0.2, -0.15) is 5.10 Å². The Labute approximate surface area is 181 Å². The minimum Gasteiger partial charge on any atom is -0.262 e. The first kappa shape index (κ1) is 18.9. The lowest BCUT2D eigenvalue weighted by atomic mass is 10.0. The molecule has 31 heavy (non-hydrogen) atoms. The molecule has 0 fully saturated rings. The lowest BCUT2D eigenvalue weighted by molar-refractivity contribution is -0.515. The number of benzene rings is 2. The normalized spacial score (nSPS) is 19.5. The number of likely N-dealkylation sites (N-methyl/N-ethyl adjacent to an activating group) is 1. The van der Waals surface area contributed by atoms with Gasteiger partial charge < -0.3 is 0 Å². The number of allylic oxidation sites excluding steroid dienone is 2. The number of aromatic nitrogens is 2. The SMILES string of the molecule is C[N+]1=C(/C=N/Nc2nc(-c3ccccc3)cc(-c3ccccc3)n2)N[C@@H]2C=CC=C[C@H]21. The Morgan fingerprint density at radius 3 is 2.13 bits per heavy atom. The third-order valence-electron chi connectivity index (χ3n) is 5.46. The molecule has 6 nitrogen and oxygen atoms in total. The topological polar surface area (TPSA) is 65.2 Å². The third-order valence-corrected chi connectivity index (χ3v) is 5.46. The lowest BCUT2D eigenvalue weighted by Crippen LogP contribution is -2.34. The Balaban J connectivity index is 1.43. The van der Waals surface area contributed by atoms with E-state index in [1.807, 2.05) is 66.7 Å². The molecule has 0 radical (unpaired) electrons. The van der Waals surface area contributed by atoms with Crippen LogP contribution >= 0.6 is 0 Å². The van der Waals surface area contributed by atoms with Crippen LogP contribution in [0.3, 0.4) is 0 Å². The summed E-state index contributed by atoms with van der Waals surface area (Å²) in [5.74, 6) is 1.40. The van der Waals surface area contributed by atoms with Crippen LogP contribution in [0.25, 0.3) is 22.5 Å². The molecule has 2 heterocycles. The molecule has 1 aliphatic carbocycles. The van der Waals surface area contributed by atoms with Crippen LogP contribution in [0, 0.1) is 0 Å². The highest BCUT2D eigenvalue weighted by molar-refractivity contribution is 6.27. The van der Waals surface area contributed by atoms with Crippen LogP contribution in [0.4, 0.5) is 5.95 Å². The average molecular weight is 408 g/mol. The zero-order chi connectivity index (χ0) is 21.0. The van der Waals surface area contributed by atoms with Gasteiger partial charge in [0, 0.05) is 11.1 Å². The maximum absolute atomic E-state index is 4.68. The van der Waals surface area contributed by atoms with E-state index in [1.54, 1.807) is 6.21 Å². The Bertz CT molecular complexity index is 1140. The van der Waals surface area contributed by atoms with Gasteiger partial charge in [0.1, 0.15) is 6.21 Å². The second kappa shape index (κ2) is 8.36. The molecule has 5 rings (SSSR count). The van der Waals surface area contributed by atoms with Gasteiger partial charge >= 0.3 is 0 Å². The highest BCUT2D eigenvalue weighted by Crippen LogP contribution is 2.25. The van der Waals surface area contributed by atoms with Crippen LogP contribution in [-0.2, 0) is 0 Å². The quantitative estimate of drug-likeness (QED) is 0.384. The number of nitrogens with zero attached hydrogens (tertiary/aromatic N) is 4. The van der Waals surface area contributed by atoms with Crippen LogP contribution < -0.4 is 10.7 Å². The second-order valence-corrected chi connectivity index (χ2v) is 7.49. The van der Waals surface area contributed by atoms with Crippen LogP contribution in [0.15, 0.2) is 96.1 Å². The molecule has 2 N–H and O–H groups in total. The molecule has 0 saturated carbocycles. The van der Waals surface area contributed by atoms with E-state index in [4.69, 9.17) is 0 Å². The van der Waals surface area contributed by atoms with Crippen molar-refractivity contribution in [3.63, 3.8) is 0 Å². The molecule has 2 atom stereocenters. The zero-order valence-electron chi connectivity index (χ0n) is 17.2. The van der Waals surface area contributed by atoms with Crippen molar-refractivity contribution in [3.05, 3.63) is 91.0 Å². The number of rotatable bonds is 5. The van der Waals surface area contributed by atoms with Crippen LogP contribution in [-0.4, -0.2) is 45.7 Å². The lowest BCUT2D eigenvalue weighted by Gasteiger charge is -2.10. The van der Waals surface area contributed by atoms with Gasteiger partial charge in [-0.15, -0.1) is 0 Å². The molecule has 152 valence electrons. The molecule has 6 heteroatoms. The Morgan fingerprint density at radius 2 is 1.52 bits per heavy atom. The predicted molar refractivity (Wildman–Crippen MR) is 125 cm³/mol. The van der Waals surface area contributed by atoms with Gasteiger partial charge in [0.2, 0.25) is 5.95 Å². The molecule has 1 aromatic heterocycles. The van der Waals surface area contributed by atoms with Crippen molar-refractivity contribution >= 4 is 18.0 Å². The van der Waals surface area contributed by atoms with Crippen molar-refractivity contribution in [1.82, 2.24) is 15.3 Å². The standard InChI is InChI=1S/C25H22N6/c1-31-23-15-9-8-14-20(23)27-24(31)17-26-30-25-28-21(18-10-4-2-5-11-18)16-22(29-25)19-12-6-3-7-13-19/h2-17,20,23H,1H3,(H,27,28,29,30)/p+1/t20-,23-/m1/s1. The summed E-state index contributed by atoms with van der Waals surface area (Å²) in [6.07, 6.45) is 10.3. The summed E-state index contributed by atoms with van der Waals surface area (Å²) in [6.45, 7) is 0. The number of nitrogens with one attached hydrogen (secondary N) is 2. The molecule has 2 aromatic carbocycles. The van der Waals surface area contributed by atoms with E-state index in [9.17, 15) is 0 Å². The fourth-order valence-corrected chi connectivity index (χ4v) is 3.82. The molecule has 0 saturated heterocycles. The second-order valence-electron chi connectivity index (χ2n) is 7.49. The van der Waals surface area contributed by atoms with E-state index in [-0.39, 0.29) is 6.04 Å². The van der Waals surface area contributed by atoms with Crippen molar-refractivity contribution in [2.75, 3.05) is 12.5 Å². The van der Waals surface area contributed by atoms with Crippen molar-refractivity contribution in [2.24, 2.45) is 5.10 Å². The van der Waals surface area contributed by atoms with Crippen LogP contribution in [0.5, 0.6) is 0 Å². The molecule has 3 aromatic rings. The molecule has 0 amide bonds. The number of anilines is 1. The highest BCUT2D eigenvalue weighted by Gasteiger charge is 2.35. The maximum Gasteiger partial charge on any atom is 0.291 e. The fourth-order valence-electron chi connectivity index (χ4n) is 3.82. The van der Waals surface area contributed by atoms with Crippen molar-refractivity contribution in [3.8, 4) is 22.5 Å². The van der Waals surface area contributed by atoms with E-state index in [0.717, 1.165) is 28.4 Å². The first-order valence-electron chi connectivity index (χ1n) is 10.3. The molecule has 0 spiro atoms. The average Bonchev–Trinajstić information content (AvgIpc) is 3.15. The molecular formula is C25H23N6+. The van der Waals surface area contributed by atoms with Crippen molar-refractivity contribution in [2.45, 2.75) is 12.1 Å². The van der Waals surface area contributed by atoms with Crippen LogP contribution in [0.1, 0.15) is 0 Å². The number of hydrazone groups is 1. The minimum absolute atomic E-state index is 0.263. The summed E-state index contributed by atoms with van der Waals surface area (Å²) < 4.78 is 2.17. The molecule has 0 unspecified atom stereocenters. The van der Waals surface area contributed by atoms with E-state index in [1.165, 1.54) is 0 Å². The van der Waals surface area contributed by atoms with Gasteiger partial charge in [0.15, 0.2) is 12.1 Å². The predicted octanol–water partition coefficient (Wildman–Crippen LogP) is 3.72. The molecular weight excluding hydrogens is 384 g/mol. The van der Waals surface area contributed by atoms with Gasteiger partial charge in [-0.25, -0.2) is 15.4 Å². The first-order valence-corrected chi connectivity index (χ1v) is 10.3. The number of fused-ring (bicyclic) bond motifs is 1. The Hall–Kier alpha value is -4.06. The van der Waals surface area contributed by atoms with Crippen molar-refractivity contribution in [1.29, 1.82) is 0 Å². The Kier molecular flexibility index (Phi) is 5.10. The number of hydrogen-bond acceptors (Lipinski definition) is 5. The largest absolute Gasteiger partial charge is 0.291 e. The number of hydrogen-bond donors (Lipinski definition) is 2. The number of amidine groups is 1. The van der Waals surface area contributed by atoms with Gasteiger partial charge in [0.25, 0.3) is 5.84 Å². The Morgan fingerprint density at radius 1 is 0.903 bits per heavy atom. The monoisotopic (exact) mass is 407 g/mol. The summed E-state index contributed by atoms with van der Waals surface area (Å²) >= 11 is 0. The summed E-state index contributed by atoms with van der Waals surface area (Å²) in [5.41, 5.74) is 6.77. The van der Waals surface area contributed by atoms with Gasteiger partial charge in [-0.3, -0.25) is 9.89 Å².